The summed E-state index contributed by atoms with van der Waals surface area (Å²) in [5, 5.41) is 20.1. The molecule has 1 saturated heterocycles. The number of benzene rings is 3. The van der Waals surface area contributed by atoms with Crippen molar-refractivity contribution < 1.29 is 23.8 Å². The van der Waals surface area contributed by atoms with Gasteiger partial charge in [0.25, 0.3) is 5.78 Å². The van der Waals surface area contributed by atoms with Crippen LogP contribution in [0.5, 0.6) is 5.75 Å². The first-order valence-electron chi connectivity index (χ1n) is 13.7. The lowest BCUT2D eigenvalue weighted by Gasteiger charge is -2.23. The first kappa shape index (κ1) is 29.5. The van der Waals surface area contributed by atoms with Crippen molar-refractivity contribution in [2.75, 3.05) is 11.5 Å². The zero-order valence-electron chi connectivity index (χ0n) is 23.2. The number of aromatic nitrogens is 2. The third kappa shape index (κ3) is 6.55. The fourth-order valence-corrected chi connectivity index (χ4v) is 6.44. The molecular formula is C32H30FN3O4S2. The van der Waals surface area contributed by atoms with Crippen molar-refractivity contribution in [3.8, 4) is 5.75 Å². The van der Waals surface area contributed by atoms with Gasteiger partial charge in [-0.05, 0) is 60.9 Å². The molecule has 1 N–H and O–H groups in total. The van der Waals surface area contributed by atoms with E-state index in [-0.39, 0.29) is 16.3 Å². The molecule has 7 nitrogen and oxygen atoms in total. The van der Waals surface area contributed by atoms with Gasteiger partial charge in [-0.2, -0.15) is 0 Å². The Hall–Kier alpha value is -4.02. The summed E-state index contributed by atoms with van der Waals surface area (Å²) >= 11 is 2.68. The van der Waals surface area contributed by atoms with Gasteiger partial charge in [-0.3, -0.25) is 14.5 Å². The third-order valence-electron chi connectivity index (χ3n) is 6.84. The molecule has 0 radical (unpaired) electrons. The summed E-state index contributed by atoms with van der Waals surface area (Å²) in [5.41, 5.74) is 2.97. The fourth-order valence-electron chi connectivity index (χ4n) is 4.61. The van der Waals surface area contributed by atoms with Gasteiger partial charge in [0.05, 0.1) is 18.2 Å². The predicted octanol–water partition coefficient (Wildman–Crippen LogP) is 7.47. The van der Waals surface area contributed by atoms with Crippen LogP contribution in [0.1, 0.15) is 54.5 Å². The summed E-state index contributed by atoms with van der Waals surface area (Å²) in [6.45, 7) is 4.68. The normalized spacial score (nSPS) is 16.3. The lowest BCUT2D eigenvalue weighted by atomic mass is 9.95. The number of ketones is 1. The molecule has 1 amide bonds. The minimum atomic E-state index is -0.989. The number of thioether (sulfide) groups is 1. The molecule has 10 heteroatoms. The Bertz CT molecular complexity index is 1600. The summed E-state index contributed by atoms with van der Waals surface area (Å²) in [6.07, 6.45) is 3.00. The maximum Gasteiger partial charge on any atom is 0.301 e. The molecule has 1 unspecified atom stereocenters. The molecule has 1 aliphatic heterocycles. The van der Waals surface area contributed by atoms with E-state index in [2.05, 4.69) is 29.3 Å². The van der Waals surface area contributed by atoms with Crippen molar-refractivity contribution in [3.05, 3.63) is 106 Å². The van der Waals surface area contributed by atoms with Crippen LogP contribution in [0.2, 0.25) is 0 Å². The van der Waals surface area contributed by atoms with Gasteiger partial charge >= 0.3 is 5.91 Å². The van der Waals surface area contributed by atoms with Gasteiger partial charge in [-0.15, -0.1) is 10.2 Å². The van der Waals surface area contributed by atoms with E-state index in [4.69, 9.17) is 4.74 Å². The fraction of sp³-hybridized carbons (Fsp3) is 0.250. The summed E-state index contributed by atoms with van der Waals surface area (Å²) in [4.78, 5) is 28.3. The predicted molar refractivity (Wildman–Crippen MR) is 163 cm³/mol. The van der Waals surface area contributed by atoms with E-state index in [1.807, 2.05) is 25.1 Å². The van der Waals surface area contributed by atoms with E-state index < -0.39 is 29.3 Å². The van der Waals surface area contributed by atoms with Gasteiger partial charge in [0.1, 0.15) is 17.3 Å². The number of carbonyl (C=O) groups excluding carboxylic acids is 2. The number of unbranched alkanes of at least 4 members (excludes halogenated alkanes) is 2. The zero-order chi connectivity index (χ0) is 29.6. The highest BCUT2D eigenvalue weighted by Gasteiger charge is 2.48. The largest absolute Gasteiger partial charge is 0.507 e. The van der Waals surface area contributed by atoms with Crippen LogP contribution in [0.3, 0.4) is 0 Å². The highest BCUT2D eigenvalue weighted by Crippen LogP contribution is 2.44. The molecule has 4 aromatic rings. The topological polar surface area (TPSA) is 92.6 Å². The average Bonchev–Trinajstić information content (AvgIpc) is 3.57. The number of ether oxygens (including phenoxy) is 1. The molecule has 1 aromatic heterocycles. The van der Waals surface area contributed by atoms with Crippen LogP contribution in [0.4, 0.5) is 9.52 Å². The van der Waals surface area contributed by atoms with Gasteiger partial charge in [0, 0.05) is 11.3 Å². The first-order chi connectivity index (χ1) is 20.4. The molecule has 2 heterocycles. The number of aryl methyl sites for hydroxylation is 1. The molecule has 0 saturated carbocycles. The van der Waals surface area contributed by atoms with E-state index in [9.17, 15) is 19.1 Å². The molecule has 5 rings (SSSR count). The Morgan fingerprint density at radius 1 is 1.05 bits per heavy atom. The van der Waals surface area contributed by atoms with Crippen molar-refractivity contribution in [1.82, 2.24) is 10.2 Å². The Labute approximate surface area is 252 Å². The van der Waals surface area contributed by atoms with Crippen molar-refractivity contribution in [3.63, 3.8) is 0 Å². The molecule has 3 aromatic carbocycles. The Morgan fingerprint density at radius 3 is 2.55 bits per heavy atom. The van der Waals surface area contributed by atoms with Crippen molar-refractivity contribution in [2.24, 2.45) is 0 Å². The SMILES string of the molecule is CCCCCOc1cccc(C2/C(=C(\O)c3ccc(F)cc3)C(=O)C(=O)N2c2nnc(SCc3ccc(C)cc3)s2)c1. The van der Waals surface area contributed by atoms with Gasteiger partial charge < -0.3 is 9.84 Å². The van der Waals surface area contributed by atoms with Gasteiger partial charge in [0.15, 0.2) is 4.34 Å². The molecule has 0 aliphatic carbocycles. The van der Waals surface area contributed by atoms with Crippen molar-refractivity contribution >= 4 is 45.7 Å². The molecule has 216 valence electrons. The minimum Gasteiger partial charge on any atom is -0.507 e. The smallest absolute Gasteiger partial charge is 0.301 e. The van der Waals surface area contributed by atoms with E-state index in [0.717, 1.165) is 24.8 Å². The monoisotopic (exact) mass is 603 g/mol. The van der Waals surface area contributed by atoms with E-state index in [1.165, 1.54) is 57.8 Å². The van der Waals surface area contributed by atoms with Crippen LogP contribution in [-0.4, -0.2) is 33.6 Å². The number of Topliss-reactive ketones (excluding diaryl/α,β-unsaturated/α-hetero) is 1. The summed E-state index contributed by atoms with van der Waals surface area (Å²) in [5.74, 6) is -1.32. The molecule has 1 fully saturated rings. The molecule has 0 bridgehead atoms. The number of hydrogen-bond donors (Lipinski definition) is 1. The molecular weight excluding hydrogens is 574 g/mol. The molecule has 1 atom stereocenters. The second kappa shape index (κ2) is 13.3. The second-order valence-corrected chi connectivity index (χ2v) is 12.1. The highest BCUT2D eigenvalue weighted by molar-refractivity contribution is 8.00. The quantitative estimate of drug-likeness (QED) is 0.0475. The minimum absolute atomic E-state index is 0.112. The van der Waals surface area contributed by atoms with Crippen molar-refractivity contribution in [1.29, 1.82) is 0 Å². The summed E-state index contributed by atoms with van der Waals surface area (Å²) in [6, 6.07) is 19.4. The number of aliphatic hydroxyl groups excluding tert-OH is 1. The number of anilines is 1. The molecule has 0 spiro atoms. The van der Waals surface area contributed by atoms with E-state index >= 15 is 0 Å². The number of carbonyl (C=O) groups is 2. The number of aliphatic hydroxyl groups is 1. The van der Waals surface area contributed by atoms with E-state index in [0.29, 0.717) is 28.0 Å². The standard InChI is InChI=1S/C32H30FN3O4S2/c1-3-4-5-17-40-25-8-6-7-23(18-25)27-26(28(37)22-13-15-24(33)16-14-22)29(38)30(39)36(27)31-34-35-32(42-31)41-19-21-11-9-20(2)10-12-21/h6-16,18,27,37H,3-5,17,19H2,1-2H3/b28-26+. The third-order valence-corrected chi connectivity index (χ3v) is 8.96. The maximum absolute atomic E-state index is 13.6. The lowest BCUT2D eigenvalue weighted by Crippen LogP contribution is -2.29. The van der Waals surface area contributed by atoms with Crippen LogP contribution in [0.25, 0.3) is 5.76 Å². The summed E-state index contributed by atoms with van der Waals surface area (Å²) in [7, 11) is 0. The number of halogens is 1. The molecule has 1 aliphatic rings. The molecule has 42 heavy (non-hydrogen) atoms. The van der Waals surface area contributed by atoms with Crippen LogP contribution < -0.4 is 9.64 Å². The lowest BCUT2D eigenvalue weighted by molar-refractivity contribution is -0.132. The zero-order valence-corrected chi connectivity index (χ0v) is 24.9. The van der Waals surface area contributed by atoms with Crippen LogP contribution in [0, 0.1) is 12.7 Å². The number of amides is 1. The Kier molecular flexibility index (Phi) is 9.34. The average molecular weight is 604 g/mol. The van der Waals surface area contributed by atoms with Gasteiger partial charge in [0.2, 0.25) is 5.13 Å². The van der Waals surface area contributed by atoms with Crippen LogP contribution >= 0.6 is 23.1 Å². The van der Waals surface area contributed by atoms with Crippen LogP contribution in [0.15, 0.2) is 82.7 Å². The number of hydrogen-bond acceptors (Lipinski definition) is 8. The highest BCUT2D eigenvalue weighted by atomic mass is 32.2. The number of rotatable bonds is 11. The van der Waals surface area contributed by atoms with Crippen LogP contribution in [-0.2, 0) is 15.3 Å². The summed E-state index contributed by atoms with van der Waals surface area (Å²) < 4.78 is 20.2. The Balaban J connectivity index is 1.51. The first-order valence-corrected chi connectivity index (χ1v) is 15.5. The van der Waals surface area contributed by atoms with E-state index in [1.54, 1.807) is 18.2 Å². The number of nitrogens with zero attached hydrogens (tertiary/aromatic N) is 3. The van der Waals surface area contributed by atoms with Gasteiger partial charge in [-0.1, -0.05) is 84.8 Å². The van der Waals surface area contributed by atoms with Gasteiger partial charge in [-0.25, -0.2) is 4.39 Å². The maximum atomic E-state index is 13.6. The van der Waals surface area contributed by atoms with Crippen molar-refractivity contribution in [2.45, 2.75) is 49.2 Å². The second-order valence-electron chi connectivity index (χ2n) is 9.93. The Morgan fingerprint density at radius 2 is 1.81 bits per heavy atom.